The fourth-order valence-electron chi connectivity index (χ4n) is 4.35. The summed E-state index contributed by atoms with van der Waals surface area (Å²) in [5.74, 6) is 0.783. The molecule has 168 valence electrons. The molecule has 0 saturated heterocycles. The molecule has 0 saturated carbocycles. The maximum atomic E-state index is 5.40. The van der Waals surface area contributed by atoms with Gasteiger partial charge in [-0.3, -0.25) is 15.0 Å². The average molecular weight is 440 g/mol. The Kier molecular flexibility index (Phi) is 6.09. The van der Waals surface area contributed by atoms with Gasteiger partial charge in [-0.1, -0.05) is 31.1 Å². The largest absolute Gasteiger partial charge is 0.361 e. The summed E-state index contributed by atoms with van der Waals surface area (Å²) in [5, 5.41) is 4.11. The zero-order chi connectivity index (χ0) is 23.6. The smallest absolute Gasteiger partial charge is 0.141 e. The van der Waals surface area contributed by atoms with E-state index in [1.807, 2.05) is 82.7 Å². The van der Waals surface area contributed by atoms with Crippen LogP contribution >= 0.6 is 0 Å². The highest BCUT2D eigenvalue weighted by Gasteiger charge is 2.35. The van der Waals surface area contributed by atoms with Crippen LogP contribution in [0.2, 0.25) is 0 Å². The van der Waals surface area contributed by atoms with Crippen molar-refractivity contribution >= 4 is 11.0 Å². The van der Waals surface area contributed by atoms with Gasteiger partial charge in [-0.15, -0.1) is 0 Å². The van der Waals surface area contributed by atoms with Crippen LogP contribution < -0.4 is 0 Å². The van der Waals surface area contributed by atoms with Gasteiger partial charge in [0, 0.05) is 35.9 Å². The van der Waals surface area contributed by atoms with Crippen molar-refractivity contribution in [3.05, 3.63) is 95.7 Å². The molecule has 0 unspecified atom stereocenters. The molecule has 0 aliphatic carbocycles. The SMILES string of the molecule is CC.Cc1noc(C)c1-c1cnc2c(C)cn(C(C)(c3ccccn3)c3ccccn3)c2c1. The van der Waals surface area contributed by atoms with Gasteiger partial charge in [-0.05, 0) is 63.6 Å². The molecule has 0 aromatic carbocycles. The first-order chi connectivity index (χ1) is 16.0. The van der Waals surface area contributed by atoms with Gasteiger partial charge in [-0.2, -0.15) is 0 Å². The van der Waals surface area contributed by atoms with Gasteiger partial charge in [0.15, 0.2) is 0 Å². The zero-order valence-electron chi connectivity index (χ0n) is 20.0. The summed E-state index contributed by atoms with van der Waals surface area (Å²) < 4.78 is 7.63. The number of pyridine rings is 3. The summed E-state index contributed by atoms with van der Waals surface area (Å²) in [4.78, 5) is 14.2. The Labute approximate surface area is 194 Å². The lowest BCUT2D eigenvalue weighted by atomic mass is 9.91. The highest BCUT2D eigenvalue weighted by molar-refractivity contribution is 5.85. The summed E-state index contributed by atoms with van der Waals surface area (Å²) in [5.41, 5.74) is 7.08. The second-order valence-electron chi connectivity index (χ2n) is 7.98. The first-order valence-corrected chi connectivity index (χ1v) is 11.2. The molecule has 0 aliphatic heterocycles. The molecule has 0 amide bonds. The number of hydrogen-bond donors (Lipinski definition) is 0. The minimum Gasteiger partial charge on any atom is -0.361 e. The van der Waals surface area contributed by atoms with Crippen molar-refractivity contribution < 1.29 is 4.52 Å². The monoisotopic (exact) mass is 439 g/mol. The Hall–Kier alpha value is -3.80. The molecule has 6 nitrogen and oxygen atoms in total. The van der Waals surface area contributed by atoms with Crippen molar-refractivity contribution in [3.8, 4) is 11.1 Å². The summed E-state index contributed by atoms with van der Waals surface area (Å²) in [6.07, 6.45) is 7.68. The summed E-state index contributed by atoms with van der Waals surface area (Å²) in [6, 6.07) is 14.1. The molecule has 5 aromatic heterocycles. The van der Waals surface area contributed by atoms with Gasteiger partial charge in [0.25, 0.3) is 0 Å². The molecule has 0 spiro atoms. The van der Waals surface area contributed by atoms with Gasteiger partial charge in [0.2, 0.25) is 0 Å². The molecular formula is C27H29N5O. The first-order valence-electron chi connectivity index (χ1n) is 11.2. The van der Waals surface area contributed by atoms with Crippen LogP contribution in [-0.2, 0) is 5.54 Å². The maximum absolute atomic E-state index is 5.40. The number of hydrogen-bond acceptors (Lipinski definition) is 5. The summed E-state index contributed by atoms with van der Waals surface area (Å²) >= 11 is 0. The van der Waals surface area contributed by atoms with E-state index in [0.717, 1.165) is 50.6 Å². The number of fused-ring (bicyclic) bond motifs is 1. The van der Waals surface area contributed by atoms with Crippen molar-refractivity contribution in [3.63, 3.8) is 0 Å². The van der Waals surface area contributed by atoms with Crippen LogP contribution in [0.1, 0.15) is 49.2 Å². The van der Waals surface area contributed by atoms with E-state index < -0.39 is 5.54 Å². The van der Waals surface area contributed by atoms with Crippen LogP contribution in [0, 0.1) is 20.8 Å². The predicted octanol–water partition coefficient (Wildman–Crippen LogP) is 6.24. The minimum atomic E-state index is -0.617. The number of rotatable bonds is 4. The summed E-state index contributed by atoms with van der Waals surface area (Å²) in [7, 11) is 0. The third-order valence-electron chi connectivity index (χ3n) is 5.95. The lowest BCUT2D eigenvalue weighted by Crippen LogP contribution is -2.34. The normalized spacial score (nSPS) is 11.3. The number of nitrogens with zero attached hydrogens (tertiary/aromatic N) is 5. The molecule has 0 radical (unpaired) electrons. The van der Waals surface area contributed by atoms with E-state index in [9.17, 15) is 0 Å². The Morgan fingerprint density at radius 1 is 0.879 bits per heavy atom. The van der Waals surface area contributed by atoms with E-state index in [4.69, 9.17) is 19.5 Å². The molecule has 0 atom stereocenters. The van der Waals surface area contributed by atoms with Crippen LogP contribution in [0.4, 0.5) is 0 Å². The van der Waals surface area contributed by atoms with E-state index >= 15 is 0 Å². The lowest BCUT2D eigenvalue weighted by Gasteiger charge is -2.31. The van der Waals surface area contributed by atoms with Crippen LogP contribution in [0.15, 0.2) is 71.8 Å². The van der Waals surface area contributed by atoms with Crippen LogP contribution in [0.3, 0.4) is 0 Å². The quantitative estimate of drug-likeness (QED) is 0.331. The molecule has 0 fully saturated rings. The van der Waals surface area contributed by atoms with Crippen molar-refractivity contribution in [1.29, 1.82) is 0 Å². The van der Waals surface area contributed by atoms with Gasteiger partial charge in [0.05, 0.1) is 28.1 Å². The molecular weight excluding hydrogens is 410 g/mol. The highest BCUT2D eigenvalue weighted by atomic mass is 16.5. The van der Waals surface area contributed by atoms with Gasteiger partial charge < -0.3 is 9.09 Å². The Balaban J connectivity index is 0.00000126. The molecule has 6 heteroatoms. The number of aryl methyl sites for hydroxylation is 3. The Morgan fingerprint density at radius 2 is 1.52 bits per heavy atom. The number of aromatic nitrogens is 5. The molecule has 0 aliphatic rings. The van der Waals surface area contributed by atoms with Crippen LogP contribution in [-0.4, -0.2) is 24.7 Å². The minimum absolute atomic E-state index is 0.617. The van der Waals surface area contributed by atoms with E-state index in [2.05, 4.69) is 35.8 Å². The van der Waals surface area contributed by atoms with E-state index in [1.165, 1.54) is 0 Å². The van der Waals surface area contributed by atoms with E-state index in [0.29, 0.717) is 0 Å². The third-order valence-corrected chi connectivity index (χ3v) is 5.95. The van der Waals surface area contributed by atoms with Gasteiger partial charge in [-0.25, -0.2) is 0 Å². The Bertz CT molecular complexity index is 1310. The first kappa shape index (κ1) is 22.4. The maximum Gasteiger partial charge on any atom is 0.141 e. The lowest BCUT2D eigenvalue weighted by molar-refractivity contribution is 0.393. The fourth-order valence-corrected chi connectivity index (χ4v) is 4.35. The second kappa shape index (κ2) is 8.98. The van der Waals surface area contributed by atoms with Gasteiger partial charge in [0.1, 0.15) is 11.3 Å². The average Bonchev–Trinajstić information content (AvgIpc) is 3.39. The Morgan fingerprint density at radius 3 is 2.03 bits per heavy atom. The molecule has 33 heavy (non-hydrogen) atoms. The topological polar surface area (TPSA) is 69.6 Å². The van der Waals surface area contributed by atoms with Crippen molar-refractivity contribution in [2.45, 2.75) is 47.1 Å². The van der Waals surface area contributed by atoms with E-state index in [-0.39, 0.29) is 0 Å². The van der Waals surface area contributed by atoms with Crippen LogP contribution in [0.5, 0.6) is 0 Å². The zero-order valence-corrected chi connectivity index (χ0v) is 20.0. The van der Waals surface area contributed by atoms with Crippen molar-refractivity contribution in [2.24, 2.45) is 0 Å². The predicted molar refractivity (Wildman–Crippen MR) is 131 cm³/mol. The standard InChI is InChI=1S/C25H23N5O.C2H6/c1-16-15-30(20-13-19(14-28-24(16)20)23-17(2)29-31-18(23)3)25(4,21-9-5-7-11-26-21)22-10-6-8-12-27-22;1-2/h5-15H,1-4H3;1-2H3. The molecule has 5 aromatic rings. The van der Waals surface area contributed by atoms with Gasteiger partial charge >= 0.3 is 0 Å². The highest BCUT2D eigenvalue weighted by Crippen LogP contribution is 2.37. The molecule has 0 N–H and O–H groups in total. The summed E-state index contributed by atoms with van der Waals surface area (Å²) in [6.45, 7) is 12.1. The third kappa shape index (κ3) is 3.71. The molecule has 0 bridgehead atoms. The van der Waals surface area contributed by atoms with Crippen molar-refractivity contribution in [2.75, 3.05) is 0 Å². The molecule has 5 rings (SSSR count). The fraction of sp³-hybridized carbons (Fsp3) is 0.259. The van der Waals surface area contributed by atoms with Crippen LogP contribution in [0.25, 0.3) is 22.2 Å². The molecule has 5 heterocycles. The van der Waals surface area contributed by atoms with Crippen molar-refractivity contribution in [1.82, 2.24) is 24.7 Å². The second-order valence-corrected chi connectivity index (χ2v) is 7.98. The van der Waals surface area contributed by atoms with E-state index in [1.54, 1.807) is 0 Å².